The predicted octanol–water partition coefficient (Wildman–Crippen LogP) is 2.81. The molecule has 0 aromatic carbocycles. The first-order valence-corrected chi connectivity index (χ1v) is 7.54. The summed E-state index contributed by atoms with van der Waals surface area (Å²) in [4.78, 5) is 0. The summed E-state index contributed by atoms with van der Waals surface area (Å²) in [7, 11) is 0. The van der Waals surface area contributed by atoms with Crippen LogP contribution in [0.15, 0.2) is 24.0 Å². The molecule has 0 heterocycles. The average molecular weight is 304 g/mol. The zero-order chi connectivity index (χ0) is 17.0. The van der Waals surface area contributed by atoms with Gasteiger partial charge in [-0.2, -0.15) is 21.0 Å². The van der Waals surface area contributed by atoms with Crippen molar-refractivity contribution in [1.29, 1.82) is 21.0 Å². The maximum atomic E-state index is 9.74. The second-order valence-electron chi connectivity index (χ2n) is 7.39. The fourth-order valence-corrected chi connectivity index (χ4v) is 4.24. The highest BCUT2D eigenvalue weighted by Crippen LogP contribution is 2.68. The molecule has 4 aliphatic rings. The number of ether oxygens (including phenoxy) is 1. The number of rotatable bonds is 1. The molecule has 0 amide bonds. The highest BCUT2D eigenvalue weighted by Gasteiger charge is 2.73. The lowest BCUT2D eigenvalue weighted by atomic mass is 9.38. The predicted molar refractivity (Wildman–Crippen MR) is 79.3 cm³/mol. The van der Waals surface area contributed by atoms with Gasteiger partial charge in [-0.1, -0.05) is 12.2 Å². The summed E-state index contributed by atoms with van der Waals surface area (Å²) in [5, 5.41) is 38.8. The minimum Gasteiger partial charge on any atom is -0.492 e. The maximum absolute atomic E-state index is 9.74. The molecule has 0 unspecified atom stereocenters. The summed E-state index contributed by atoms with van der Waals surface area (Å²) in [6.07, 6.45) is 5.60. The Morgan fingerprint density at radius 1 is 0.913 bits per heavy atom. The van der Waals surface area contributed by atoms with Gasteiger partial charge in [-0.05, 0) is 32.8 Å². The fraction of sp³-hybridized carbons (Fsp3) is 0.556. The van der Waals surface area contributed by atoms with Gasteiger partial charge in [0.2, 0.25) is 0 Å². The van der Waals surface area contributed by atoms with Gasteiger partial charge in [0.1, 0.15) is 5.60 Å². The molecule has 4 rings (SSSR count). The Morgan fingerprint density at radius 2 is 1.39 bits per heavy atom. The van der Waals surface area contributed by atoms with Crippen molar-refractivity contribution in [3.8, 4) is 24.3 Å². The summed E-state index contributed by atoms with van der Waals surface area (Å²) in [5.74, 6) is -0.343. The van der Waals surface area contributed by atoms with Crippen LogP contribution in [0.5, 0.6) is 0 Å². The zero-order valence-electron chi connectivity index (χ0n) is 13.2. The second-order valence-corrected chi connectivity index (χ2v) is 7.39. The molecule has 23 heavy (non-hydrogen) atoms. The third-order valence-electron chi connectivity index (χ3n) is 5.18. The lowest BCUT2D eigenvalue weighted by Gasteiger charge is -2.59. The van der Waals surface area contributed by atoms with Crippen LogP contribution in [0.4, 0.5) is 0 Å². The van der Waals surface area contributed by atoms with Gasteiger partial charge in [0, 0.05) is 17.8 Å². The van der Waals surface area contributed by atoms with Crippen LogP contribution < -0.4 is 0 Å². The summed E-state index contributed by atoms with van der Waals surface area (Å²) in [6.45, 7) is 5.82. The van der Waals surface area contributed by atoms with E-state index < -0.39 is 22.7 Å². The Morgan fingerprint density at radius 3 is 1.87 bits per heavy atom. The highest BCUT2D eigenvalue weighted by molar-refractivity contribution is 5.49. The fourth-order valence-electron chi connectivity index (χ4n) is 4.24. The normalized spacial score (nSPS) is 34.5. The first-order valence-electron chi connectivity index (χ1n) is 7.54. The number of fused-ring (bicyclic) bond motifs is 1. The zero-order valence-corrected chi connectivity index (χ0v) is 13.2. The van der Waals surface area contributed by atoms with Crippen molar-refractivity contribution in [1.82, 2.24) is 0 Å². The molecule has 4 aliphatic carbocycles. The Labute approximate surface area is 135 Å². The largest absolute Gasteiger partial charge is 0.492 e. The third-order valence-corrected chi connectivity index (χ3v) is 5.18. The number of allylic oxidation sites excluding steroid dienone is 4. The third kappa shape index (κ3) is 1.58. The van der Waals surface area contributed by atoms with Crippen LogP contribution in [0.1, 0.15) is 20.8 Å². The van der Waals surface area contributed by atoms with Crippen molar-refractivity contribution < 1.29 is 4.74 Å². The molecular weight excluding hydrogens is 288 g/mol. The van der Waals surface area contributed by atoms with E-state index in [4.69, 9.17) is 4.74 Å². The lowest BCUT2D eigenvalue weighted by Crippen LogP contribution is -2.63. The molecule has 0 spiro atoms. The Balaban J connectivity index is 2.14. The first-order chi connectivity index (χ1) is 10.8. The smallest absolute Gasteiger partial charge is 0.182 e. The average Bonchev–Trinajstić information content (AvgIpc) is 2.50. The molecule has 114 valence electrons. The standard InChI is InChI=1S/C18H16N4O/c1-16(2,3)23-14-6-11-12-4-5-13(15(11)14)18(9-21,10-22)17(12,7-19)8-20/h4-6,11-13,15H,1-3H3/t11-,12-,13-,15+/m0/s1. The molecule has 0 aromatic heterocycles. The molecule has 4 atom stereocenters. The SMILES string of the molecule is CC(C)(C)OC1=C[C@@H]2[C@@H]1[C@@H]1C=C[C@@H]2C(C#N)(C#N)C1(C#N)C#N. The molecule has 0 N–H and O–H groups in total. The van der Waals surface area contributed by atoms with Crippen molar-refractivity contribution in [3.05, 3.63) is 24.0 Å². The summed E-state index contributed by atoms with van der Waals surface area (Å²) < 4.78 is 5.96. The lowest BCUT2D eigenvalue weighted by molar-refractivity contribution is -0.0644. The van der Waals surface area contributed by atoms with Crippen molar-refractivity contribution in [3.63, 3.8) is 0 Å². The molecule has 5 heteroatoms. The van der Waals surface area contributed by atoms with E-state index in [9.17, 15) is 21.0 Å². The van der Waals surface area contributed by atoms with Crippen LogP contribution in [0, 0.1) is 79.8 Å². The Kier molecular flexibility index (Phi) is 2.88. The summed E-state index contributed by atoms with van der Waals surface area (Å²) in [5.41, 5.74) is -3.68. The van der Waals surface area contributed by atoms with Gasteiger partial charge in [0.25, 0.3) is 0 Å². The van der Waals surface area contributed by atoms with E-state index in [-0.39, 0.29) is 17.4 Å². The summed E-state index contributed by atoms with van der Waals surface area (Å²) in [6, 6.07) is 8.06. The van der Waals surface area contributed by atoms with Crippen LogP contribution in [0.3, 0.4) is 0 Å². The van der Waals surface area contributed by atoms with Gasteiger partial charge in [-0.15, -0.1) is 0 Å². The second kappa shape index (κ2) is 4.38. The molecule has 0 aromatic rings. The number of nitriles is 4. The van der Waals surface area contributed by atoms with Crippen molar-refractivity contribution in [2.45, 2.75) is 26.4 Å². The van der Waals surface area contributed by atoms with Crippen LogP contribution in [0.25, 0.3) is 0 Å². The Hall–Kier alpha value is -2.76. The van der Waals surface area contributed by atoms with Crippen LogP contribution >= 0.6 is 0 Å². The molecular formula is C18H16N4O. The molecule has 2 bridgehead atoms. The molecule has 0 radical (unpaired) electrons. The van der Waals surface area contributed by atoms with Crippen LogP contribution in [0.2, 0.25) is 0 Å². The molecule has 0 aliphatic heterocycles. The van der Waals surface area contributed by atoms with Crippen molar-refractivity contribution in [2.75, 3.05) is 0 Å². The van der Waals surface area contributed by atoms with Gasteiger partial charge in [0.05, 0.1) is 30.0 Å². The van der Waals surface area contributed by atoms with Gasteiger partial charge in [0.15, 0.2) is 10.8 Å². The Bertz CT molecular complexity index is 759. The topological polar surface area (TPSA) is 104 Å². The maximum Gasteiger partial charge on any atom is 0.182 e. The van der Waals surface area contributed by atoms with Crippen molar-refractivity contribution >= 4 is 0 Å². The molecule has 1 fully saturated rings. The van der Waals surface area contributed by atoms with Crippen LogP contribution in [-0.4, -0.2) is 5.60 Å². The van der Waals surface area contributed by atoms with Gasteiger partial charge in [-0.25, -0.2) is 0 Å². The van der Waals surface area contributed by atoms with E-state index >= 15 is 0 Å². The van der Waals surface area contributed by atoms with Gasteiger partial charge >= 0.3 is 0 Å². The number of hydrogen-bond donors (Lipinski definition) is 0. The summed E-state index contributed by atoms with van der Waals surface area (Å²) >= 11 is 0. The van der Waals surface area contributed by atoms with E-state index in [0.717, 1.165) is 5.76 Å². The first kappa shape index (κ1) is 15.1. The van der Waals surface area contributed by atoms with Gasteiger partial charge < -0.3 is 4.74 Å². The van der Waals surface area contributed by atoms with E-state index in [1.165, 1.54) is 0 Å². The van der Waals surface area contributed by atoms with E-state index in [0.29, 0.717) is 0 Å². The van der Waals surface area contributed by atoms with E-state index in [1.54, 1.807) is 0 Å². The van der Waals surface area contributed by atoms with E-state index in [1.807, 2.05) is 63.3 Å². The monoisotopic (exact) mass is 304 g/mol. The highest BCUT2D eigenvalue weighted by atomic mass is 16.5. The minimum atomic E-state index is -1.67. The van der Waals surface area contributed by atoms with Gasteiger partial charge in [-0.3, -0.25) is 0 Å². The van der Waals surface area contributed by atoms with Crippen molar-refractivity contribution in [2.24, 2.45) is 34.5 Å². The number of hydrogen-bond acceptors (Lipinski definition) is 5. The number of nitrogens with zero attached hydrogens (tertiary/aromatic N) is 4. The van der Waals surface area contributed by atoms with Crippen LogP contribution in [-0.2, 0) is 4.74 Å². The molecule has 5 nitrogen and oxygen atoms in total. The minimum absolute atomic E-state index is 0.0310. The molecule has 1 saturated carbocycles. The quantitative estimate of drug-likeness (QED) is 0.693. The van der Waals surface area contributed by atoms with E-state index in [2.05, 4.69) is 0 Å². The molecule has 0 saturated heterocycles.